The van der Waals surface area contributed by atoms with Gasteiger partial charge >= 0.3 is 0 Å². The molecule has 0 aliphatic heterocycles. The minimum atomic E-state index is -0.179. The van der Waals surface area contributed by atoms with Crippen LogP contribution in [0, 0.1) is 0 Å². The van der Waals surface area contributed by atoms with E-state index in [0.29, 0.717) is 0 Å². The van der Waals surface area contributed by atoms with E-state index in [0.717, 1.165) is 0 Å². The Hall–Kier alpha value is -6.69. The summed E-state index contributed by atoms with van der Waals surface area (Å²) in [6.07, 6.45) is 0. The Morgan fingerprint density at radius 2 is 0.359 bits per heavy atom. The predicted molar refractivity (Wildman–Crippen MR) is 281 cm³/mol. The van der Waals surface area contributed by atoms with Crippen molar-refractivity contribution in [1.82, 2.24) is 0 Å². The van der Waals surface area contributed by atoms with Crippen LogP contribution in [0.4, 0.5) is 0 Å². The van der Waals surface area contributed by atoms with E-state index >= 15 is 0 Å². The monoisotopic (exact) mass is 866 g/mol. The number of hydrogen-bond donors (Lipinski definition) is 0. The van der Waals surface area contributed by atoms with Crippen LogP contribution in [-0.2, 0) is 0 Å². The molecule has 64 heavy (non-hydrogen) atoms. The van der Waals surface area contributed by atoms with Crippen molar-refractivity contribution in [3.05, 3.63) is 237 Å². The maximum atomic E-state index is 2.38. The second-order valence-corrected chi connectivity index (χ2v) is 19.4. The zero-order chi connectivity index (χ0) is 42.4. The number of hydrogen-bond acceptors (Lipinski definition) is 3. The molecular formula is C60H39BS3. The summed E-state index contributed by atoms with van der Waals surface area (Å²) in [6, 6.07) is 87.6. The van der Waals surface area contributed by atoms with Crippen molar-refractivity contribution < 1.29 is 0 Å². The lowest BCUT2D eigenvalue weighted by atomic mass is 9.33. The first-order chi connectivity index (χ1) is 31.8. The van der Waals surface area contributed by atoms with Crippen LogP contribution in [0.25, 0.3) is 64.6 Å². The Kier molecular flexibility index (Phi) is 10.2. The minimum absolute atomic E-state index is 0.179. The Balaban J connectivity index is 1.27. The molecule has 0 saturated carbocycles. The van der Waals surface area contributed by atoms with Crippen molar-refractivity contribution in [3.8, 4) is 0 Å². The second kappa shape index (κ2) is 16.8. The van der Waals surface area contributed by atoms with Gasteiger partial charge in [0.25, 0.3) is 0 Å². The molecule has 0 heterocycles. The summed E-state index contributed by atoms with van der Waals surface area (Å²) in [5, 5.41) is 15.3. The van der Waals surface area contributed by atoms with E-state index in [-0.39, 0.29) is 6.71 Å². The first-order valence-electron chi connectivity index (χ1n) is 21.8. The van der Waals surface area contributed by atoms with Crippen molar-refractivity contribution >= 4 is 123 Å². The quantitative estimate of drug-likeness (QED) is 0.105. The summed E-state index contributed by atoms with van der Waals surface area (Å²) in [5.41, 5.74) is 4.00. The van der Waals surface area contributed by atoms with Crippen LogP contribution in [0.3, 0.4) is 0 Å². The summed E-state index contributed by atoms with van der Waals surface area (Å²) < 4.78 is 0. The molecule has 0 nitrogen and oxygen atoms in total. The maximum absolute atomic E-state index is 2.38. The van der Waals surface area contributed by atoms with Crippen LogP contribution in [0.15, 0.2) is 266 Å². The highest BCUT2D eigenvalue weighted by Crippen LogP contribution is 2.44. The lowest BCUT2D eigenvalue weighted by Gasteiger charge is -2.28. The highest BCUT2D eigenvalue weighted by atomic mass is 32.2. The van der Waals surface area contributed by atoms with E-state index in [1.807, 2.05) is 35.3 Å². The molecule has 0 saturated heterocycles. The van der Waals surface area contributed by atoms with Crippen molar-refractivity contribution in [1.29, 1.82) is 0 Å². The van der Waals surface area contributed by atoms with E-state index in [2.05, 4.69) is 237 Å². The number of fused-ring (bicyclic) bond motifs is 6. The largest absolute Gasteiger partial charge is 0.246 e. The molecule has 12 rings (SSSR count). The van der Waals surface area contributed by atoms with E-state index in [4.69, 9.17) is 0 Å². The average molecular weight is 867 g/mol. The molecule has 12 aromatic carbocycles. The van der Waals surface area contributed by atoms with Crippen molar-refractivity contribution in [2.24, 2.45) is 0 Å². The third kappa shape index (κ3) is 6.76. The molecule has 0 aromatic heterocycles. The highest BCUT2D eigenvalue weighted by molar-refractivity contribution is 8.00. The Morgan fingerprint density at radius 1 is 0.188 bits per heavy atom. The molecule has 0 aliphatic rings. The molecule has 4 heteroatoms. The molecule has 0 radical (unpaired) electrons. The van der Waals surface area contributed by atoms with Crippen LogP contribution < -0.4 is 16.4 Å². The summed E-state index contributed by atoms with van der Waals surface area (Å²) in [7, 11) is 0. The molecule has 300 valence electrons. The standard InChI is InChI=1S/C60H39BS3/c1-4-22-40(23-5-1)62-58-49-34-16-10-28-43(49)55(44-29-11-17-35-50(44)58)61(56-45-30-12-18-36-51(45)59(52-37-19-13-31-46(52)56)63-41-24-6-2-7-25-41)57-47-32-14-20-38-53(47)60(54-39-21-15-33-48(54)57)64-42-26-8-3-9-27-42/h1-39H. The average Bonchev–Trinajstić information content (AvgIpc) is 3.36. The van der Waals surface area contributed by atoms with Gasteiger partial charge in [-0.1, -0.05) is 252 Å². The van der Waals surface area contributed by atoms with Crippen LogP contribution >= 0.6 is 35.3 Å². The first kappa shape index (κ1) is 38.9. The molecule has 0 bridgehead atoms. The molecular weight excluding hydrogens is 828 g/mol. The van der Waals surface area contributed by atoms with Gasteiger partial charge in [-0.15, -0.1) is 0 Å². The van der Waals surface area contributed by atoms with Crippen molar-refractivity contribution in [3.63, 3.8) is 0 Å². The summed E-state index contributed by atoms with van der Waals surface area (Å²) >= 11 is 5.61. The smallest absolute Gasteiger partial charge is 0.0888 e. The summed E-state index contributed by atoms with van der Waals surface area (Å²) in [4.78, 5) is 7.55. The summed E-state index contributed by atoms with van der Waals surface area (Å²) in [5.74, 6) is 0. The van der Waals surface area contributed by atoms with Crippen molar-refractivity contribution in [2.45, 2.75) is 29.4 Å². The number of benzene rings is 12. The van der Waals surface area contributed by atoms with Gasteiger partial charge in [0.15, 0.2) is 0 Å². The van der Waals surface area contributed by atoms with Crippen LogP contribution in [0.5, 0.6) is 0 Å². The minimum Gasteiger partial charge on any atom is -0.0888 e. The van der Waals surface area contributed by atoms with Crippen LogP contribution in [-0.4, -0.2) is 6.71 Å². The van der Waals surface area contributed by atoms with Gasteiger partial charge in [-0.2, -0.15) is 0 Å². The lowest BCUT2D eigenvalue weighted by Crippen LogP contribution is -2.54. The van der Waals surface area contributed by atoms with Crippen LogP contribution in [0.2, 0.25) is 0 Å². The molecule has 0 unspecified atom stereocenters. The molecule has 0 amide bonds. The summed E-state index contributed by atoms with van der Waals surface area (Å²) in [6.45, 7) is -0.179. The molecule has 12 aromatic rings. The van der Waals surface area contributed by atoms with E-state index in [1.54, 1.807) is 0 Å². The predicted octanol–water partition coefficient (Wildman–Crippen LogP) is 15.6. The molecule has 0 spiro atoms. The Bertz CT molecular complexity index is 3140. The Labute approximate surface area is 386 Å². The van der Waals surface area contributed by atoms with Gasteiger partial charge in [-0.3, -0.25) is 0 Å². The zero-order valence-corrected chi connectivity index (χ0v) is 37.3. The third-order valence-corrected chi connectivity index (χ3v) is 16.0. The van der Waals surface area contributed by atoms with Gasteiger partial charge < -0.3 is 0 Å². The SMILES string of the molecule is c1ccc(Sc2c3ccccc3c(B(c3c4ccccc4c(Sc4ccccc4)c4ccccc34)c3c4ccccc4c(Sc4ccccc4)c4ccccc34)c3ccccc23)cc1. The number of rotatable bonds is 9. The van der Waals surface area contributed by atoms with Gasteiger partial charge in [0, 0.05) is 29.4 Å². The van der Waals surface area contributed by atoms with E-state index in [1.165, 1.54) is 110 Å². The van der Waals surface area contributed by atoms with Crippen molar-refractivity contribution in [2.75, 3.05) is 0 Å². The van der Waals surface area contributed by atoms with Gasteiger partial charge in [-0.05, 0) is 101 Å². The van der Waals surface area contributed by atoms with Gasteiger partial charge in [0.1, 0.15) is 0 Å². The van der Waals surface area contributed by atoms with E-state index < -0.39 is 0 Å². The maximum Gasteiger partial charge on any atom is 0.246 e. The van der Waals surface area contributed by atoms with Crippen LogP contribution in [0.1, 0.15) is 0 Å². The topological polar surface area (TPSA) is 0 Å². The van der Waals surface area contributed by atoms with E-state index in [9.17, 15) is 0 Å². The third-order valence-electron chi connectivity index (χ3n) is 12.5. The normalized spacial score (nSPS) is 11.6. The Morgan fingerprint density at radius 3 is 0.562 bits per heavy atom. The molecule has 0 fully saturated rings. The fraction of sp³-hybridized carbons (Fsp3) is 0. The second-order valence-electron chi connectivity index (χ2n) is 16.2. The zero-order valence-electron chi connectivity index (χ0n) is 34.8. The van der Waals surface area contributed by atoms with Gasteiger partial charge in [0.2, 0.25) is 6.71 Å². The van der Waals surface area contributed by atoms with Gasteiger partial charge in [0.05, 0.1) is 0 Å². The molecule has 0 atom stereocenters. The molecule has 0 aliphatic carbocycles. The van der Waals surface area contributed by atoms with Gasteiger partial charge in [-0.25, -0.2) is 0 Å². The highest BCUT2D eigenvalue weighted by Gasteiger charge is 2.34. The fourth-order valence-electron chi connectivity index (χ4n) is 9.88. The lowest BCUT2D eigenvalue weighted by molar-refractivity contribution is 1.45. The first-order valence-corrected chi connectivity index (χ1v) is 24.2. The fourth-order valence-corrected chi connectivity index (χ4v) is 13.2. The molecule has 0 N–H and O–H groups in total.